The Hall–Kier alpha value is -2.96. The Kier molecular flexibility index (Phi) is 9.45. The zero-order chi connectivity index (χ0) is 30.1. The summed E-state index contributed by atoms with van der Waals surface area (Å²) in [7, 11) is -4.02. The highest BCUT2D eigenvalue weighted by molar-refractivity contribution is 7.85. The van der Waals surface area contributed by atoms with Crippen LogP contribution in [-0.4, -0.2) is 53.9 Å². The average molecular weight is 596 g/mol. The van der Waals surface area contributed by atoms with Crippen molar-refractivity contribution in [3.05, 3.63) is 65.0 Å². The Morgan fingerprint density at radius 1 is 1.00 bits per heavy atom. The van der Waals surface area contributed by atoms with E-state index < -0.39 is 39.7 Å². The number of fused-ring (bicyclic) bond motifs is 2. The molecule has 3 unspecified atom stereocenters. The molecular formula is C29H36F3N3O5S. The largest absolute Gasteiger partial charge is 0.344 e. The second-order valence-corrected chi connectivity index (χ2v) is 12.8. The number of hydrogen-bond donors (Lipinski definition) is 3. The molecule has 2 bridgehead atoms. The van der Waals surface area contributed by atoms with Gasteiger partial charge in [-0.15, -0.1) is 0 Å². The van der Waals surface area contributed by atoms with E-state index in [-0.39, 0.29) is 52.6 Å². The van der Waals surface area contributed by atoms with Gasteiger partial charge in [-0.3, -0.25) is 14.1 Å². The van der Waals surface area contributed by atoms with Crippen LogP contribution in [0.25, 0.3) is 0 Å². The standard InChI is InChI=1S/C22H28F3N3O2.C7H8O3S/c1-11(27-21(29)12-2-3-12)22(30)28-15-4-5-16(28)7-14(6-15)20(26)9-13-8-18(24)19(25)10-17(13)23;1-6-2-4-7(5-3-6)11(8,9)10/h8,10-12,14-16,20H,2-7,9,26H2,1H3,(H,27,29);2-5H,1H3,(H,8,9,10)/t11?,14?,15-,16?,20+;/m0./s1. The number of carbonyl (C=O) groups excluding carboxylic acids is 2. The summed E-state index contributed by atoms with van der Waals surface area (Å²) in [5.74, 6) is -3.07. The number of nitrogens with two attached hydrogens (primary N) is 1. The van der Waals surface area contributed by atoms with E-state index in [2.05, 4.69) is 5.32 Å². The van der Waals surface area contributed by atoms with Crippen LogP contribution in [0.2, 0.25) is 0 Å². The summed E-state index contributed by atoms with van der Waals surface area (Å²) in [4.78, 5) is 26.8. The molecule has 5 atom stereocenters. The number of amides is 2. The molecule has 2 heterocycles. The first-order chi connectivity index (χ1) is 19.2. The topological polar surface area (TPSA) is 130 Å². The Morgan fingerprint density at radius 2 is 1.56 bits per heavy atom. The van der Waals surface area contributed by atoms with Gasteiger partial charge in [0.05, 0.1) is 4.90 Å². The molecular weight excluding hydrogens is 559 g/mol. The molecule has 0 aromatic heterocycles. The van der Waals surface area contributed by atoms with Gasteiger partial charge in [-0.2, -0.15) is 8.42 Å². The van der Waals surface area contributed by atoms with E-state index >= 15 is 0 Å². The normalized spacial score (nSPS) is 23.3. The molecule has 8 nitrogen and oxygen atoms in total. The number of hydrogen-bond acceptors (Lipinski definition) is 5. The van der Waals surface area contributed by atoms with E-state index in [9.17, 15) is 31.2 Å². The summed E-state index contributed by atoms with van der Waals surface area (Å²) < 4.78 is 70.2. The molecule has 2 aromatic rings. The van der Waals surface area contributed by atoms with Crippen molar-refractivity contribution in [3.63, 3.8) is 0 Å². The van der Waals surface area contributed by atoms with E-state index in [1.807, 2.05) is 11.8 Å². The zero-order valence-corrected chi connectivity index (χ0v) is 23.8. The van der Waals surface area contributed by atoms with Gasteiger partial charge in [0, 0.05) is 30.1 Å². The summed E-state index contributed by atoms with van der Waals surface area (Å²) in [6.45, 7) is 3.57. The minimum atomic E-state index is -4.02. The lowest BCUT2D eigenvalue weighted by Crippen LogP contribution is -2.55. The number of aryl methyl sites for hydroxylation is 1. The molecule has 5 rings (SSSR count). The van der Waals surface area contributed by atoms with Crippen molar-refractivity contribution >= 4 is 21.9 Å². The van der Waals surface area contributed by atoms with Crippen molar-refractivity contribution in [2.24, 2.45) is 17.6 Å². The first kappa shape index (κ1) is 31.0. The molecule has 2 aliphatic heterocycles. The molecule has 224 valence electrons. The zero-order valence-electron chi connectivity index (χ0n) is 23.0. The van der Waals surface area contributed by atoms with E-state index in [0.29, 0.717) is 18.9 Å². The molecule has 2 saturated heterocycles. The Labute approximate surface area is 238 Å². The van der Waals surface area contributed by atoms with Gasteiger partial charge < -0.3 is 16.0 Å². The van der Waals surface area contributed by atoms with Crippen molar-refractivity contribution in [3.8, 4) is 0 Å². The van der Waals surface area contributed by atoms with Gasteiger partial charge in [-0.1, -0.05) is 17.7 Å². The fraction of sp³-hybridized carbons (Fsp3) is 0.517. The second-order valence-electron chi connectivity index (χ2n) is 11.4. The van der Waals surface area contributed by atoms with Gasteiger partial charge in [0.25, 0.3) is 10.1 Å². The third-order valence-electron chi connectivity index (χ3n) is 8.17. The lowest BCUT2D eigenvalue weighted by molar-refractivity contribution is -0.140. The number of nitrogens with one attached hydrogen (secondary N) is 1. The highest BCUT2D eigenvalue weighted by atomic mass is 32.2. The number of nitrogens with zero attached hydrogens (tertiary/aromatic N) is 1. The van der Waals surface area contributed by atoms with Crippen LogP contribution in [-0.2, 0) is 26.1 Å². The van der Waals surface area contributed by atoms with Crippen LogP contribution >= 0.6 is 0 Å². The fourth-order valence-corrected chi connectivity index (χ4v) is 6.22. The van der Waals surface area contributed by atoms with Gasteiger partial charge in [-0.05, 0) is 88.5 Å². The summed E-state index contributed by atoms with van der Waals surface area (Å²) >= 11 is 0. The Morgan fingerprint density at radius 3 is 2.10 bits per heavy atom. The maximum Gasteiger partial charge on any atom is 0.294 e. The SMILES string of the molecule is CC(NC(=O)C1CC1)C(=O)N1C2CC[C@H]1CC([C@H](N)Cc1cc(F)c(F)cc1F)C2.Cc1ccc(S(=O)(=O)O)cc1. The highest BCUT2D eigenvalue weighted by Crippen LogP contribution is 2.40. The minimum absolute atomic E-state index is 0.0439. The van der Waals surface area contributed by atoms with Gasteiger partial charge >= 0.3 is 0 Å². The average Bonchev–Trinajstić information content (AvgIpc) is 3.72. The fourth-order valence-electron chi connectivity index (χ4n) is 5.74. The van der Waals surface area contributed by atoms with Gasteiger partial charge in [0.1, 0.15) is 11.9 Å². The maximum absolute atomic E-state index is 14.0. The third-order valence-corrected chi connectivity index (χ3v) is 9.04. The van der Waals surface area contributed by atoms with Gasteiger partial charge in [0.2, 0.25) is 11.8 Å². The molecule has 0 radical (unpaired) electrons. The lowest BCUT2D eigenvalue weighted by atomic mass is 9.82. The van der Waals surface area contributed by atoms with Crippen LogP contribution in [0.4, 0.5) is 13.2 Å². The van der Waals surface area contributed by atoms with Crippen molar-refractivity contribution < 1.29 is 35.7 Å². The number of piperidine rings is 1. The summed E-state index contributed by atoms with van der Waals surface area (Å²) in [5.41, 5.74) is 7.36. The predicted octanol–water partition coefficient (Wildman–Crippen LogP) is 3.90. The number of benzene rings is 2. The van der Waals surface area contributed by atoms with Crippen LogP contribution in [0.5, 0.6) is 0 Å². The van der Waals surface area contributed by atoms with Crippen LogP contribution in [0.3, 0.4) is 0 Å². The van der Waals surface area contributed by atoms with Crippen LogP contribution in [0.15, 0.2) is 41.3 Å². The predicted molar refractivity (Wildman–Crippen MR) is 146 cm³/mol. The van der Waals surface area contributed by atoms with Crippen molar-refractivity contribution in [2.75, 3.05) is 0 Å². The number of rotatable bonds is 7. The number of halogens is 3. The van der Waals surface area contributed by atoms with E-state index in [1.54, 1.807) is 19.1 Å². The lowest BCUT2D eigenvalue weighted by Gasteiger charge is -2.42. The molecule has 41 heavy (non-hydrogen) atoms. The summed E-state index contributed by atoms with van der Waals surface area (Å²) in [6, 6.07) is 6.55. The number of carbonyl (C=O) groups is 2. The first-order valence-corrected chi connectivity index (χ1v) is 15.2. The van der Waals surface area contributed by atoms with E-state index in [1.165, 1.54) is 12.1 Å². The summed E-state index contributed by atoms with van der Waals surface area (Å²) in [5, 5.41) is 2.83. The van der Waals surface area contributed by atoms with Crippen molar-refractivity contribution in [1.82, 2.24) is 10.2 Å². The first-order valence-electron chi connectivity index (χ1n) is 13.8. The Bertz CT molecular complexity index is 1370. The quantitative estimate of drug-likeness (QED) is 0.329. The third kappa shape index (κ3) is 7.66. The van der Waals surface area contributed by atoms with Crippen molar-refractivity contribution in [2.45, 2.75) is 87.9 Å². The van der Waals surface area contributed by atoms with Gasteiger partial charge in [0.15, 0.2) is 11.6 Å². The van der Waals surface area contributed by atoms with Crippen LogP contribution < -0.4 is 11.1 Å². The maximum atomic E-state index is 14.0. The van der Waals surface area contributed by atoms with Crippen molar-refractivity contribution in [1.29, 1.82) is 0 Å². The molecule has 3 fully saturated rings. The monoisotopic (exact) mass is 595 g/mol. The van der Waals surface area contributed by atoms with Gasteiger partial charge in [-0.25, -0.2) is 13.2 Å². The Balaban J connectivity index is 0.000000296. The highest BCUT2D eigenvalue weighted by Gasteiger charge is 2.46. The molecule has 4 N–H and O–H groups in total. The smallest absolute Gasteiger partial charge is 0.294 e. The van der Waals surface area contributed by atoms with Crippen LogP contribution in [0.1, 0.15) is 56.6 Å². The molecule has 2 aromatic carbocycles. The molecule has 0 spiro atoms. The molecule has 1 aliphatic carbocycles. The molecule has 3 aliphatic rings. The second kappa shape index (κ2) is 12.5. The summed E-state index contributed by atoms with van der Waals surface area (Å²) in [6.07, 6.45) is 5.04. The molecule has 1 saturated carbocycles. The molecule has 2 amide bonds. The van der Waals surface area contributed by atoms with Crippen LogP contribution in [0, 0.1) is 36.2 Å². The minimum Gasteiger partial charge on any atom is -0.344 e. The van der Waals surface area contributed by atoms with E-state index in [0.717, 1.165) is 37.3 Å². The molecule has 12 heteroatoms. The van der Waals surface area contributed by atoms with E-state index in [4.69, 9.17) is 10.3 Å².